The van der Waals surface area contributed by atoms with Crippen molar-refractivity contribution in [2.45, 2.75) is 117 Å². The SMILES string of the molecule is CC(C)c1c(-c2ccc(C(C)(C)C)cc2)c(C(C)C)c(S(=O)(=O)OI)c(C(C)C)c1-c1ccc(C(C)(C)C)cc1. The van der Waals surface area contributed by atoms with Gasteiger partial charge in [-0.3, -0.25) is 0 Å². The van der Waals surface area contributed by atoms with E-state index in [0.717, 1.165) is 33.4 Å². The molecule has 5 heteroatoms. The van der Waals surface area contributed by atoms with E-state index in [4.69, 9.17) is 2.51 Å². The maximum Gasteiger partial charge on any atom is 0.306 e. The van der Waals surface area contributed by atoms with E-state index in [9.17, 15) is 8.42 Å². The van der Waals surface area contributed by atoms with Gasteiger partial charge in [-0.1, -0.05) is 132 Å². The van der Waals surface area contributed by atoms with Gasteiger partial charge in [0.05, 0.1) is 0 Å². The fraction of sp³-hybridized carbons (Fsp3) is 0.486. The summed E-state index contributed by atoms with van der Waals surface area (Å²) in [5.74, 6) is 0.0729. The molecule has 0 bridgehead atoms. The minimum atomic E-state index is -4.03. The first-order chi connectivity index (χ1) is 18.3. The summed E-state index contributed by atoms with van der Waals surface area (Å²) in [5.41, 5.74) is 9.48. The van der Waals surface area contributed by atoms with E-state index in [1.54, 1.807) is 0 Å². The van der Waals surface area contributed by atoms with Crippen molar-refractivity contribution in [2.24, 2.45) is 0 Å². The van der Waals surface area contributed by atoms with Crippen molar-refractivity contribution in [3.05, 3.63) is 76.3 Å². The second-order valence-corrected chi connectivity index (χ2v) is 16.5. The van der Waals surface area contributed by atoms with Gasteiger partial charge in [0, 0.05) is 0 Å². The summed E-state index contributed by atoms with van der Waals surface area (Å²) in [5, 5.41) is 0. The molecule has 0 spiro atoms. The van der Waals surface area contributed by atoms with E-state index in [-0.39, 0.29) is 28.6 Å². The molecule has 3 nitrogen and oxygen atoms in total. The van der Waals surface area contributed by atoms with Crippen molar-refractivity contribution in [1.29, 1.82) is 0 Å². The van der Waals surface area contributed by atoms with Crippen LogP contribution in [0.1, 0.15) is 129 Å². The predicted molar refractivity (Wildman–Crippen MR) is 179 cm³/mol. The first-order valence-corrected chi connectivity index (χ1v) is 16.6. The van der Waals surface area contributed by atoms with Gasteiger partial charge >= 0.3 is 10.1 Å². The summed E-state index contributed by atoms with van der Waals surface area (Å²) in [6.07, 6.45) is 0. The zero-order valence-electron chi connectivity index (χ0n) is 26.4. The Balaban J connectivity index is 2.65. The van der Waals surface area contributed by atoms with Gasteiger partial charge < -0.3 is 0 Å². The molecular weight excluding hydrogens is 627 g/mol. The third-order valence-corrected chi connectivity index (χ3v) is 10.2. The minimum Gasteiger partial charge on any atom is -0.195 e. The second-order valence-electron chi connectivity index (χ2n) is 14.0. The maximum atomic E-state index is 13.8. The average molecular weight is 675 g/mol. The number of rotatable bonds is 7. The van der Waals surface area contributed by atoms with Crippen molar-refractivity contribution in [2.75, 3.05) is 0 Å². The van der Waals surface area contributed by atoms with E-state index in [0.29, 0.717) is 4.90 Å². The number of benzene rings is 3. The zero-order chi connectivity index (χ0) is 30.4. The molecule has 0 saturated heterocycles. The van der Waals surface area contributed by atoms with Crippen molar-refractivity contribution in [1.82, 2.24) is 0 Å². The van der Waals surface area contributed by atoms with Crippen LogP contribution in [-0.2, 0) is 23.5 Å². The topological polar surface area (TPSA) is 43.4 Å². The number of halogens is 1. The van der Waals surface area contributed by atoms with E-state index >= 15 is 0 Å². The summed E-state index contributed by atoms with van der Waals surface area (Å²) in [6.45, 7) is 26.0. The Morgan fingerprint density at radius 1 is 0.575 bits per heavy atom. The summed E-state index contributed by atoms with van der Waals surface area (Å²) < 4.78 is 32.9. The molecule has 0 amide bonds. The van der Waals surface area contributed by atoms with E-state index in [1.807, 2.05) is 0 Å². The maximum absolute atomic E-state index is 13.8. The van der Waals surface area contributed by atoms with E-state index in [2.05, 4.69) is 132 Å². The molecule has 0 fully saturated rings. The molecule has 0 heterocycles. The minimum absolute atomic E-state index is 0.0191. The van der Waals surface area contributed by atoms with Crippen molar-refractivity contribution >= 4 is 33.1 Å². The van der Waals surface area contributed by atoms with Gasteiger partial charge in [0.15, 0.2) is 0 Å². The predicted octanol–water partition coefficient (Wildman–Crippen LogP) is 11.0. The molecule has 3 rings (SSSR count). The van der Waals surface area contributed by atoms with Gasteiger partial charge in [0.25, 0.3) is 0 Å². The first-order valence-electron chi connectivity index (χ1n) is 14.3. The van der Waals surface area contributed by atoms with Crippen LogP contribution in [0.2, 0.25) is 0 Å². The molecule has 0 aliphatic carbocycles. The van der Waals surface area contributed by atoms with E-state index in [1.165, 1.54) is 39.7 Å². The molecule has 0 aromatic heterocycles. The van der Waals surface area contributed by atoms with Crippen LogP contribution in [0, 0.1) is 0 Å². The quantitative estimate of drug-likeness (QED) is 0.234. The van der Waals surface area contributed by atoms with Crippen molar-refractivity contribution in [3.8, 4) is 22.3 Å². The van der Waals surface area contributed by atoms with Gasteiger partial charge in [0.2, 0.25) is 0 Å². The normalized spacial score (nSPS) is 13.1. The third kappa shape index (κ3) is 6.52. The van der Waals surface area contributed by atoms with Crippen LogP contribution < -0.4 is 0 Å². The molecule has 0 aliphatic rings. The van der Waals surface area contributed by atoms with Gasteiger partial charge in [-0.2, -0.15) is 10.9 Å². The molecule has 3 aromatic carbocycles. The summed E-state index contributed by atoms with van der Waals surface area (Å²) >= 11 is 1.53. The molecule has 3 aromatic rings. The van der Waals surface area contributed by atoms with Crippen LogP contribution in [0.15, 0.2) is 53.4 Å². The van der Waals surface area contributed by atoms with Crippen LogP contribution in [0.4, 0.5) is 0 Å². The molecule has 0 aliphatic heterocycles. The van der Waals surface area contributed by atoms with Crippen LogP contribution in [-0.4, -0.2) is 8.42 Å². The lowest BCUT2D eigenvalue weighted by atomic mass is 9.75. The lowest BCUT2D eigenvalue weighted by Crippen LogP contribution is -2.17. The Labute approximate surface area is 258 Å². The summed E-state index contributed by atoms with van der Waals surface area (Å²) in [7, 11) is -4.03. The molecule has 218 valence electrons. The highest BCUT2D eigenvalue weighted by molar-refractivity contribution is 14.1. The van der Waals surface area contributed by atoms with Crippen LogP contribution in [0.25, 0.3) is 22.3 Å². The van der Waals surface area contributed by atoms with Crippen molar-refractivity contribution < 1.29 is 10.9 Å². The zero-order valence-corrected chi connectivity index (χ0v) is 29.3. The highest BCUT2D eigenvalue weighted by atomic mass is 127. The van der Waals surface area contributed by atoms with Gasteiger partial charge in [-0.05, 0) is 78.7 Å². The lowest BCUT2D eigenvalue weighted by Gasteiger charge is -2.31. The molecule has 0 radical (unpaired) electrons. The largest absolute Gasteiger partial charge is 0.306 e. The van der Waals surface area contributed by atoms with Crippen molar-refractivity contribution in [3.63, 3.8) is 0 Å². The van der Waals surface area contributed by atoms with Gasteiger partial charge in [-0.25, -0.2) is 0 Å². The summed E-state index contributed by atoms with van der Waals surface area (Å²) in [6, 6.07) is 17.4. The van der Waals surface area contributed by atoms with Crippen LogP contribution in [0.3, 0.4) is 0 Å². The Bertz CT molecular complexity index is 1360. The molecule has 40 heavy (non-hydrogen) atoms. The lowest BCUT2D eigenvalue weighted by molar-refractivity contribution is 0.531. The number of hydrogen-bond donors (Lipinski definition) is 0. The fourth-order valence-electron chi connectivity index (χ4n) is 5.66. The van der Waals surface area contributed by atoms with Crippen LogP contribution >= 0.6 is 23.0 Å². The smallest absolute Gasteiger partial charge is 0.195 e. The summed E-state index contributed by atoms with van der Waals surface area (Å²) in [4.78, 5) is 0.320. The Kier molecular flexibility index (Phi) is 9.75. The molecule has 0 N–H and O–H groups in total. The number of hydrogen-bond acceptors (Lipinski definition) is 3. The van der Waals surface area contributed by atoms with E-state index < -0.39 is 10.1 Å². The van der Waals surface area contributed by atoms with Gasteiger partial charge in [0.1, 0.15) is 27.9 Å². The third-order valence-electron chi connectivity index (χ3n) is 7.71. The second kappa shape index (κ2) is 11.9. The monoisotopic (exact) mass is 674 g/mol. The molecule has 0 unspecified atom stereocenters. The standard InChI is InChI=1S/C35H47IO3S/c1-21(2)28-31(24-13-17-26(18-14-24)34(7,8)9)29(22(3)4)33(40(37,38)39-36)30(23(5)6)32(28)25-15-19-27(20-16-25)35(10,11)12/h13-23H,1-12H3. The molecular formula is C35H47IO3S. The van der Waals surface area contributed by atoms with Crippen LogP contribution in [0.5, 0.6) is 0 Å². The highest BCUT2D eigenvalue weighted by Gasteiger charge is 2.35. The van der Waals surface area contributed by atoms with Gasteiger partial charge in [-0.15, -0.1) is 0 Å². The highest BCUT2D eigenvalue weighted by Crippen LogP contribution is 2.50. The Hall–Kier alpha value is -1.70. The average Bonchev–Trinajstić information content (AvgIpc) is 2.85. The fourth-order valence-corrected chi connectivity index (χ4v) is 7.48. The molecule has 0 saturated carbocycles. The Morgan fingerprint density at radius 2 is 0.875 bits per heavy atom. The Morgan fingerprint density at radius 3 is 1.10 bits per heavy atom. The molecule has 0 atom stereocenters. The first kappa shape index (κ1) is 32.8.